The van der Waals surface area contributed by atoms with E-state index >= 15 is 0 Å². The smallest absolute Gasteiger partial charge is 0.264 e. The third-order valence-electron chi connectivity index (χ3n) is 2.31. The maximum Gasteiger partial charge on any atom is 0.305 e. The molecule has 7 nitrogen and oxygen atoms in total. The van der Waals surface area contributed by atoms with Crippen LogP contribution < -0.4 is 0 Å². The molecular formula is C10H7N3O4. The first-order chi connectivity index (χ1) is 8.09. The second-order valence-electron chi connectivity index (χ2n) is 3.40. The number of benzene rings is 1. The molecule has 0 bridgehead atoms. The largest absolute Gasteiger partial charge is 0.305 e. The molecule has 0 radical (unpaired) electrons. The van der Waals surface area contributed by atoms with Gasteiger partial charge in [0, 0.05) is 16.5 Å². The van der Waals surface area contributed by atoms with Crippen molar-refractivity contribution in [2.45, 2.75) is 6.54 Å². The number of aromatic nitrogens is 1. The van der Waals surface area contributed by atoms with Crippen molar-refractivity contribution in [3.8, 4) is 0 Å². The number of nitrogens with zero attached hydrogens (tertiary/aromatic N) is 3. The summed E-state index contributed by atoms with van der Waals surface area (Å²) in [5.41, 5.74) is -0.0529. The van der Waals surface area contributed by atoms with E-state index in [1.807, 2.05) is 0 Å². The predicted molar refractivity (Wildman–Crippen MR) is 59.1 cm³/mol. The van der Waals surface area contributed by atoms with Crippen LogP contribution in [-0.4, -0.2) is 14.8 Å². The van der Waals surface area contributed by atoms with Crippen LogP contribution in [0, 0.1) is 20.2 Å². The molecule has 7 heteroatoms. The Labute approximate surface area is 95.0 Å². The van der Waals surface area contributed by atoms with E-state index in [1.54, 1.807) is 18.2 Å². The standard InChI is InChI=1S/C10H7N3O4/c14-12(15)6-8-4-3-7-2-1-5-11-9(7)10(8)13(16)17/h1-5H,6H2. The highest BCUT2D eigenvalue weighted by Gasteiger charge is 2.22. The molecule has 17 heavy (non-hydrogen) atoms. The fraction of sp³-hybridized carbons (Fsp3) is 0.100. The Hall–Kier alpha value is -2.57. The van der Waals surface area contributed by atoms with E-state index in [0.29, 0.717) is 5.39 Å². The van der Waals surface area contributed by atoms with E-state index in [0.717, 1.165) is 0 Å². The Morgan fingerprint density at radius 1 is 1.18 bits per heavy atom. The summed E-state index contributed by atoms with van der Waals surface area (Å²) in [5.74, 6) is 0. The van der Waals surface area contributed by atoms with Crippen molar-refractivity contribution in [2.75, 3.05) is 0 Å². The normalized spacial score (nSPS) is 10.4. The number of hydrogen-bond acceptors (Lipinski definition) is 5. The van der Waals surface area contributed by atoms with Crippen molar-refractivity contribution in [2.24, 2.45) is 0 Å². The highest BCUT2D eigenvalue weighted by atomic mass is 16.6. The van der Waals surface area contributed by atoms with Crippen molar-refractivity contribution < 1.29 is 9.85 Å². The third kappa shape index (κ3) is 2.03. The van der Waals surface area contributed by atoms with Crippen LogP contribution >= 0.6 is 0 Å². The van der Waals surface area contributed by atoms with Gasteiger partial charge in [0.05, 0.1) is 4.92 Å². The summed E-state index contributed by atoms with van der Waals surface area (Å²) in [7, 11) is 0. The van der Waals surface area contributed by atoms with Crippen molar-refractivity contribution in [1.82, 2.24) is 4.98 Å². The van der Waals surface area contributed by atoms with Crippen LogP contribution in [0.1, 0.15) is 5.56 Å². The second kappa shape index (κ2) is 4.12. The zero-order chi connectivity index (χ0) is 12.4. The van der Waals surface area contributed by atoms with Gasteiger partial charge in [-0.25, -0.2) is 4.98 Å². The average molecular weight is 233 g/mol. The van der Waals surface area contributed by atoms with Crippen LogP contribution in [0.2, 0.25) is 0 Å². The van der Waals surface area contributed by atoms with Gasteiger partial charge in [0.1, 0.15) is 11.1 Å². The summed E-state index contributed by atoms with van der Waals surface area (Å²) in [4.78, 5) is 24.1. The van der Waals surface area contributed by atoms with Crippen molar-refractivity contribution >= 4 is 16.6 Å². The molecule has 2 rings (SSSR count). The number of nitro groups is 2. The zero-order valence-corrected chi connectivity index (χ0v) is 8.57. The molecular weight excluding hydrogens is 226 g/mol. The van der Waals surface area contributed by atoms with Gasteiger partial charge in [0.25, 0.3) is 0 Å². The van der Waals surface area contributed by atoms with Crippen molar-refractivity contribution in [3.05, 3.63) is 56.3 Å². The summed E-state index contributed by atoms with van der Waals surface area (Å²) < 4.78 is 0. The summed E-state index contributed by atoms with van der Waals surface area (Å²) in [6.07, 6.45) is 1.42. The van der Waals surface area contributed by atoms with Gasteiger partial charge >= 0.3 is 5.69 Å². The molecule has 0 spiro atoms. The predicted octanol–water partition coefficient (Wildman–Crippen LogP) is 1.92. The van der Waals surface area contributed by atoms with Gasteiger partial charge in [-0.2, -0.15) is 0 Å². The molecule has 0 atom stereocenters. The third-order valence-corrected chi connectivity index (χ3v) is 2.31. The highest BCUT2D eigenvalue weighted by Crippen LogP contribution is 2.28. The fourth-order valence-electron chi connectivity index (χ4n) is 1.64. The van der Waals surface area contributed by atoms with E-state index in [4.69, 9.17) is 0 Å². The maximum absolute atomic E-state index is 11.0. The minimum atomic E-state index is -0.631. The molecule has 1 aromatic carbocycles. The molecule has 0 saturated heterocycles. The van der Waals surface area contributed by atoms with E-state index in [1.165, 1.54) is 12.3 Å². The number of rotatable bonds is 3. The lowest BCUT2D eigenvalue weighted by Gasteiger charge is -2.02. The Balaban J connectivity index is 2.72. The number of nitro benzene ring substituents is 1. The van der Waals surface area contributed by atoms with Gasteiger partial charge in [0.2, 0.25) is 6.54 Å². The van der Waals surface area contributed by atoms with E-state index in [9.17, 15) is 20.2 Å². The number of pyridine rings is 1. The first-order valence-corrected chi connectivity index (χ1v) is 4.72. The molecule has 0 N–H and O–H groups in total. The summed E-state index contributed by atoms with van der Waals surface area (Å²) in [5, 5.41) is 22.0. The molecule has 86 valence electrons. The maximum atomic E-state index is 11.0. The monoisotopic (exact) mass is 233 g/mol. The molecule has 1 heterocycles. The second-order valence-corrected chi connectivity index (χ2v) is 3.40. The lowest BCUT2D eigenvalue weighted by Crippen LogP contribution is -2.03. The van der Waals surface area contributed by atoms with Crippen molar-refractivity contribution in [3.63, 3.8) is 0 Å². The Morgan fingerprint density at radius 3 is 2.59 bits per heavy atom. The van der Waals surface area contributed by atoms with Gasteiger partial charge in [-0.15, -0.1) is 0 Å². The topological polar surface area (TPSA) is 99.2 Å². The Kier molecular flexibility index (Phi) is 2.65. The highest BCUT2D eigenvalue weighted by molar-refractivity contribution is 5.88. The molecule has 0 unspecified atom stereocenters. The number of fused-ring (bicyclic) bond motifs is 1. The van der Waals surface area contributed by atoms with Crippen LogP contribution in [0.3, 0.4) is 0 Å². The average Bonchev–Trinajstić information content (AvgIpc) is 2.27. The molecule has 0 amide bonds. The van der Waals surface area contributed by atoms with Gasteiger partial charge in [-0.05, 0) is 12.1 Å². The molecule has 0 saturated carbocycles. The van der Waals surface area contributed by atoms with Gasteiger partial charge < -0.3 is 0 Å². The first kappa shape index (κ1) is 10.9. The summed E-state index contributed by atoms with van der Waals surface area (Å²) in [6.45, 7) is -0.581. The van der Waals surface area contributed by atoms with Crippen LogP contribution in [0.25, 0.3) is 10.9 Å². The lowest BCUT2D eigenvalue weighted by molar-refractivity contribution is -0.498. The minimum Gasteiger partial charge on any atom is -0.264 e. The van der Waals surface area contributed by atoms with Gasteiger partial charge in [-0.1, -0.05) is 12.1 Å². The van der Waals surface area contributed by atoms with Crippen LogP contribution in [-0.2, 0) is 6.54 Å². The molecule has 1 aromatic heterocycles. The SMILES string of the molecule is O=[N+]([O-])Cc1ccc2cccnc2c1[N+](=O)[O-]. The lowest BCUT2D eigenvalue weighted by atomic mass is 10.1. The van der Waals surface area contributed by atoms with E-state index in [2.05, 4.69) is 4.98 Å². The molecule has 0 aliphatic carbocycles. The molecule has 0 fully saturated rings. The zero-order valence-electron chi connectivity index (χ0n) is 8.57. The minimum absolute atomic E-state index is 0.0613. The first-order valence-electron chi connectivity index (χ1n) is 4.72. The molecule has 0 aliphatic heterocycles. The summed E-state index contributed by atoms with van der Waals surface area (Å²) >= 11 is 0. The Morgan fingerprint density at radius 2 is 1.94 bits per heavy atom. The molecule has 0 aliphatic rings. The van der Waals surface area contributed by atoms with E-state index in [-0.39, 0.29) is 16.8 Å². The number of hydrogen-bond donors (Lipinski definition) is 0. The van der Waals surface area contributed by atoms with Crippen LogP contribution in [0.4, 0.5) is 5.69 Å². The van der Waals surface area contributed by atoms with Crippen molar-refractivity contribution in [1.29, 1.82) is 0 Å². The molecule has 2 aromatic rings. The summed E-state index contributed by atoms with van der Waals surface area (Å²) in [6, 6.07) is 6.31. The Bertz CT molecular complexity index is 612. The van der Waals surface area contributed by atoms with E-state index < -0.39 is 16.4 Å². The van der Waals surface area contributed by atoms with Crippen LogP contribution in [0.5, 0.6) is 0 Å². The van der Waals surface area contributed by atoms with Gasteiger partial charge in [-0.3, -0.25) is 20.2 Å². The quantitative estimate of drug-likeness (QED) is 0.595. The van der Waals surface area contributed by atoms with Crippen LogP contribution in [0.15, 0.2) is 30.5 Å². The fourth-order valence-corrected chi connectivity index (χ4v) is 1.64. The van der Waals surface area contributed by atoms with Gasteiger partial charge in [0.15, 0.2) is 0 Å².